The predicted octanol–water partition coefficient (Wildman–Crippen LogP) is 1.41. The highest BCUT2D eigenvalue weighted by atomic mass is 16.2. The Kier molecular flexibility index (Phi) is 6.49. The van der Waals surface area contributed by atoms with Crippen molar-refractivity contribution in [3.8, 4) is 0 Å². The minimum absolute atomic E-state index is 0.0726. The van der Waals surface area contributed by atoms with Gasteiger partial charge in [0, 0.05) is 38.5 Å². The molecule has 5 heteroatoms. The van der Waals surface area contributed by atoms with Crippen LogP contribution in [0, 0.1) is 5.92 Å². The van der Waals surface area contributed by atoms with Gasteiger partial charge in [0.1, 0.15) is 0 Å². The Labute approximate surface area is 127 Å². The van der Waals surface area contributed by atoms with Crippen LogP contribution in [0.4, 0.5) is 0 Å². The van der Waals surface area contributed by atoms with Crippen LogP contribution in [0.1, 0.15) is 57.8 Å². The number of rotatable bonds is 6. The molecule has 21 heavy (non-hydrogen) atoms. The van der Waals surface area contributed by atoms with E-state index in [9.17, 15) is 9.59 Å². The number of nitrogens with zero attached hydrogens (tertiary/aromatic N) is 1. The molecule has 0 radical (unpaired) electrons. The average Bonchev–Trinajstić information content (AvgIpc) is 2.99. The monoisotopic (exact) mass is 295 g/mol. The van der Waals surface area contributed by atoms with Crippen molar-refractivity contribution in [1.29, 1.82) is 0 Å². The quantitative estimate of drug-likeness (QED) is 0.778. The van der Waals surface area contributed by atoms with Crippen LogP contribution in [-0.4, -0.2) is 42.4 Å². The van der Waals surface area contributed by atoms with Gasteiger partial charge in [-0.25, -0.2) is 0 Å². The second-order valence-corrected chi connectivity index (χ2v) is 6.52. The topological polar surface area (TPSA) is 75.4 Å². The summed E-state index contributed by atoms with van der Waals surface area (Å²) in [4.78, 5) is 25.5. The van der Waals surface area contributed by atoms with Crippen molar-refractivity contribution >= 4 is 11.8 Å². The number of likely N-dealkylation sites (tertiary alicyclic amines) is 1. The largest absolute Gasteiger partial charge is 0.356 e. The number of hydrogen-bond donors (Lipinski definition) is 2. The molecule has 1 aliphatic carbocycles. The fraction of sp³-hybridized carbons (Fsp3) is 0.875. The number of nitrogens with one attached hydrogen (secondary N) is 1. The van der Waals surface area contributed by atoms with E-state index in [4.69, 9.17) is 5.73 Å². The summed E-state index contributed by atoms with van der Waals surface area (Å²) in [6.07, 6.45) is 8.73. The fourth-order valence-corrected chi connectivity index (χ4v) is 3.45. The van der Waals surface area contributed by atoms with Crippen LogP contribution in [0.15, 0.2) is 0 Å². The van der Waals surface area contributed by atoms with Crippen LogP contribution in [0.25, 0.3) is 0 Å². The molecule has 1 aliphatic heterocycles. The van der Waals surface area contributed by atoms with Gasteiger partial charge in [-0.15, -0.1) is 0 Å². The number of nitrogens with two attached hydrogens (primary N) is 1. The summed E-state index contributed by atoms with van der Waals surface area (Å²) in [6, 6.07) is 0.324. The lowest BCUT2D eigenvalue weighted by Gasteiger charge is -2.26. The van der Waals surface area contributed by atoms with Crippen LogP contribution >= 0.6 is 0 Å². The molecule has 120 valence electrons. The number of carbonyl (C=O) groups excluding carboxylic acids is 2. The zero-order valence-corrected chi connectivity index (χ0v) is 13.0. The first-order valence-corrected chi connectivity index (χ1v) is 8.45. The Morgan fingerprint density at radius 2 is 1.86 bits per heavy atom. The highest BCUT2D eigenvalue weighted by Gasteiger charge is 2.20. The summed E-state index contributed by atoms with van der Waals surface area (Å²) in [5, 5.41) is 2.87. The molecule has 3 N–H and O–H groups in total. The van der Waals surface area contributed by atoms with Crippen molar-refractivity contribution in [3.63, 3.8) is 0 Å². The van der Waals surface area contributed by atoms with Gasteiger partial charge in [0.2, 0.25) is 11.8 Å². The summed E-state index contributed by atoms with van der Waals surface area (Å²) in [6.45, 7) is 2.24. The highest BCUT2D eigenvalue weighted by Crippen LogP contribution is 2.26. The molecule has 1 saturated carbocycles. The molecule has 2 amide bonds. The zero-order chi connectivity index (χ0) is 15.1. The number of carbonyl (C=O) groups is 2. The Balaban J connectivity index is 1.54. The molecule has 1 saturated heterocycles. The first kappa shape index (κ1) is 16.3. The second-order valence-electron chi connectivity index (χ2n) is 6.52. The second kappa shape index (κ2) is 8.37. The van der Waals surface area contributed by atoms with Gasteiger partial charge >= 0.3 is 0 Å². The van der Waals surface area contributed by atoms with E-state index in [0.29, 0.717) is 31.3 Å². The van der Waals surface area contributed by atoms with Crippen LogP contribution in [-0.2, 0) is 9.59 Å². The smallest absolute Gasteiger partial charge is 0.224 e. The van der Waals surface area contributed by atoms with Crippen LogP contribution < -0.4 is 11.1 Å². The van der Waals surface area contributed by atoms with Crippen molar-refractivity contribution in [2.75, 3.05) is 19.6 Å². The molecule has 2 rings (SSSR count). The fourth-order valence-electron chi connectivity index (χ4n) is 3.45. The van der Waals surface area contributed by atoms with Crippen LogP contribution in [0.2, 0.25) is 0 Å². The molecule has 5 nitrogen and oxygen atoms in total. The molecule has 2 aliphatic rings. The maximum absolute atomic E-state index is 11.8. The van der Waals surface area contributed by atoms with Crippen LogP contribution in [0.5, 0.6) is 0 Å². The Hall–Kier alpha value is -1.10. The van der Waals surface area contributed by atoms with E-state index in [1.165, 1.54) is 12.8 Å². The lowest BCUT2D eigenvalue weighted by atomic mass is 9.83. The summed E-state index contributed by atoms with van der Waals surface area (Å²) in [5.74, 6) is 0.847. The van der Waals surface area contributed by atoms with E-state index in [1.807, 2.05) is 4.90 Å². The standard InChI is InChI=1S/C16H29N3O2/c17-14-5-3-4-13(12-14)6-7-15(20)18-9-8-16(21)19-10-1-2-11-19/h13-14H,1-12,17H2,(H,18,20). The van der Waals surface area contributed by atoms with Crippen molar-refractivity contribution in [3.05, 3.63) is 0 Å². The molecule has 0 spiro atoms. The van der Waals surface area contributed by atoms with Gasteiger partial charge in [-0.1, -0.05) is 12.8 Å². The lowest BCUT2D eigenvalue weighted by molar-refractivity contribution is -0.130. The normalized spacial score (nSPS) is 25.9. The van der Waals surface area contributed by atoms with Gasteiger partial charge in [-0.2, -0.15) is 0 Å². The third-order valence-electron chi connectivity index (χ3n) is 4.72. The highest BCUT2D eigenvalue weighted by molar-refractivity contribution is 5.79. The van der Waals surface area contributed by atoms with Crippen molar-refractivity contribution in [2.45, 2.75) is 63.8 Å². The summed E-state index contributed by atoms with van der Waals surface area (Å²) >= 11 is 0. The van der Waals surface area contributed by atoms with Crippen LogP contribution in [0.3, 0.4) is 0 Å². The molecule has 2 atom stereocenters. The molecular formula is C16H29N3O2. The summed E-state index contributed by atoms with van der Waals surface area (Å²) < 4.78 is 0. The van der Waals surface area contributed by atoms with E-state index in [2.05, 4.69) is 5.32 Å². The zero-order valence-electron chi connectivity index (χ0n) is 13.0. The maximum atomic E-state index is 11.8. The minimum Gasteiger partial charge on any atom is -0.356 e. The summed E-state index contributed by atoms with van der Waals surface area (Å²) in [7, 11) is 0. The maximum Gasteiger partial charge on any atom is 0.224 e. The SMILES string of the molecule is NC1CCCC(CCC(=O)NCCC(=O)N2CCCC2)C1. The number of amides is 2. The molecular weight excluding hydrogens is 266 g/mol. The molecule has 0 aromatic carbocycles. The first-order valence-electron chi connectivity index (χ1n) is 8.45. The molecule has 1 heterocycles. The third kappa shape index (κ3) is 5.65. The minimum atomic E-state index is 0.0726. The van der Waals surface area contributed by atoms with Gasteiger partial charge in [-0.05, 0) is 38.0 Å². The molecule has 2 fully saturated rings. The third-order valence-corrected chi connectivity index (χ3v) is 4.72. The predicted molar refractivity (Wildman–Crippen MR) is 82.6 cm³/mol. The van der Waals surface area contributed by atoms with Gasteiger partial charge in [0.05, 0.1) is 0 Å². The molecule has 0 aromatic heterocycles. The Morgan fingerprint density at radius 3 is 2.57 bits per heavy atom. The van der Waals surface area contributed by atoms with E-state index in [1.54, 1.807) is 0 Å². The van der Waals surface area contributed by atoms with Gasteiger partial charge < -0.3 is 16.0 Å². The average molecular weight is 295 g/mol. The molecule has 0 bridgehead atoms. The van der Waals surface area contributed by atoms with E-state index < -0.39 is 0 Å². The Morgan fingerprint density at radius 1 is 1.10 bits per heavy atom. The van der Waals surface area contributed by atoms with E-state index in [0.717, 1.165) is 45.2 Å². The Bertz CT molecular complexity index is 353. The van der Waals surface area contributed by atoms with Gasteiger partial charge in [0.25, 0.3) is 0 Å². The van der Waals surface area contributed by atoms with E-state index in [-0.39, 0.29) is 11.8 Å². The van der Waals surface area contributed by atoms with E-state index >= 15 is 0 Å². The summed E-state index contributed by atoms with van der Waals surface area (Å²) in [5.41, 5.74) is 5.96. The van der Waals surface area contributed by atoms with Gasteiger partial charge in [-0.3, -0.25) is 9.59 Å². The van der Waals surface area contributed by atoms with Crippen molar-refractivity contribution in [2.24, 2.45) is 11.7 Å². The first-order chi connectivity index (χ1) is 10.1. The molecule has 0 aromatic rings. The lowest BCUT2D eigenvalue weighted by Crippen LogP contribution is -2.33. The number of hydrogen-bond acceptors (Lipinski definition) is 3. The van der Waals surface area contributed by atoms with Gasteiger partial charge in [0.15, 0.2) is 0 Å². The molecule has 2 unspecified atom stereocenters. The van der Waals surface area contributed by atoms with Crippen molar-refractivity contribution in [1.82, 2.24) is 10.2 Å². The van der Waals surface area contributed by atoms with Crippen molar-refractivity contribution < 1.29 is 9.59 Å².